The van der Waals surface area contributed by atoms with Crippen molar-refractivity contribution in [1.82, 2.24) is 0 Å². The molecule has 2 aromatic carbocycles. The molecule has 0 fully saturated rings. The van der Waals surface area contributed by atoms with E-state index >= 15 is 0 Å². The third-order valence-corrected chi connectivity index (χ3v) is 3.53. The lowest BCUT2D eigenvalue weighted by Gasteiger charge is -1.98. The molecule has 5 heteroatoms. The Kier molecular flexibility index (Phi) is 5.50. The average Bonchev–Trinajstić information content (AvgIpc) is 2.49. The molecule has 0 aliphatic heterocycles. The van der Waals surface area contributed by atoms with Crippen molar-refractivity contribution in [3.63, 3.8) is 0 Å². The molecule has 0 aromatic heterocycles. The SMILES string of the molecule is NC(=[NH+]c1ccc(N=C=S)cc1)SCc1ccccc1. The van der Waals surface area contributed by atoms with Gasteiger partial charge >= 0.3 is 5.17 Å². The van der Waals surface area contributed by atoms with Crippen LogP contribution in [0.3, 0.4) is 0 Å². The third-order valence-electron chi connectivity index (χ3n) is 2.55. The van der Waals surface area contributed by atoms with Gasteiger partial charge in [-0.3, -0.25) is 5.73 Å². The molecule has 0 saturated heterocycles. The molecule has 2 aromatic rings. The number of isothiocyanates is 1. The van der Waals surface area contributed by atoms with Gasteiger partial charge < -0.3 is 0 Å². The summed E-state index contributed by atoms with van der Waals surface area (Å²) >= 11 is 6.13. The van der Waals surface area contributed by atoms with Gasteiger partial charge in [0, 0.05) is 5.75 Å². The predicted molar refractivity (Wildman–Crippen MR) is 88.7 cm³/mol. The first-order chi connectivity index (χ1) is 9.78. The summed E-state index contributed by atoms with van der Waals surface area (Å²) in [5.74, 6) is 0.840. The van der Waals surface area contributed by atoms with Crippen molar-refractivity contribution in [1.29, 1.82) is 0 Å². The Balaban J connectivity index is 1.97. The standard InChI is InChI=1S/C15H13N3S2/c16-15(20-10-12-4-2-1-3-5-12)18-14-8-6-13(7-9-14)17-11-19/h1-9H,10H2,(H2,16,18)/p+1. The van der Waals surface area contributed by atoms with Crippen molar-refractivity contribution in [2.24, 2.45) is 10.7 Å². The van der Waals surface area contributed by atoms with E-state index in [2.05, 4.69) is 39.5 Å². The van der Waals surface area contributed by atoms with Crippen LogP contribution in [0.1, 0.15) is 5.56 Å². The van der Waals surface area contributed by atoms with Crippen LogP contribution >= 0.6 is 24.0 Å². The Morgan fingerprint density at radius 2 is 1.85 bits per heavy atom. The Labute approximate surface area is 127 Å². The molecule has 0 bridgehead atoms. The fourth-order valence-electron chi connectivity index (χ4n) is 1.59. The number of benzene rings is 2. The van der Waals surface area contributed by atoms with Crippen molar-refractivity contribution >= 4 is 45.7 Å². The van der Waals surface area contributed by atoms with Crippen molar-refractivity contribution in [3.05, 3.63) is 60.2 Å². The lowest BCUT2D eigenvalue weighted by Crippen LogP contribution is -2.68. The van der Waals surface area contributed by atoms with Crippen LogP contribution in [0.4, 0.5) is 11.4 Å². The van der Waals surface area contributed by atoms with Crippen molar-refractivity contribution in [2.75, 3.05) is 0 Å². The molecule has 0 atom stereocenters. The van der Waals surface area contributed by atoms with Crippen LogP contribution in [-0.2, 0) is 5.75 Å². The van der Waals surface area contributed by atoms with E-state index in [0.29, 0.717) is 5.17 Å². The number of rotatable bonds is 4. The molecule has 0 amide bonds. The molecule has 0 heterocycles. The number of hydrogen-bond donors (Lipinski definition) is 2. The average molecular weight is 300 g/mol. The number of nitrogens with two attached hydrogens (primary N) is 1. The first kappa shape index (κ1) is 14.5. The summed E-state index contributed by atoms with van der Waals surface area (Å²) in [4.78, 5) is 7.05. The van der Waals surface area contributed by atoms with Crippen LogP contribution in [0.2, 0.25) is 0 Å². The van der Waals surface area contributed by atoms with Gasteiger partial charge in [-0.15, -0.1) is 0 Å². The zero-order valence-electron chi connectivity index (χ0n) is 10.7. The smallest absolute Gasteiger partial charge is 0.281 e. The molecule has 0 unspecified atom stereocenters. The van der Waals surface area contributed by atoms with Crippen LogP contribution in [0, 0.1) is 0 Å². The first-order valence-corrected chi connectivity index (χ1v) is 7.41. The molecule has 20 heavy (non-hydrogen) atoms. The van der Waals surface area contributed by atoms with Gasteiger partial charge in [0.1, 0.15) is 5.69 Å². The molecule has 3 nitrogen and oxygen atoms in total. The molecule has 0 aliphatic rings. The molecule has 3 N–H and O–H groups in total. The zero-order valence-corrected chi connectivity index (χ0v) is 12.4. The van der Waals surface area contributed by atoms with Gasteiger partial charge in [-0.1, -0.05) is 30.3 Å². The summed E-state index contributed by atoms with van der Waals surface area (Å²) in [6.45, 7) is 0. The van der Waals surface area contributed by atoms with Crippen LogP contribution < -0.4 is 10.7 Å². The quantitative estimate of drug-likeness (QED) is 0.518. The van der Waals surface area contributed by atoms with E-state index in [9.17, 15) is 0 Å². The van der Waals surface area contributed by atoms with E-state index in [1.165, 1.54) is 5.56 Å². The van der Waals surface area contributed by atoms with Crippen LogP contribution in [0.15, 0.2) is 59.6 Å². The summed E-state index contributed by atoms with van der Waals surface area (Å²) in [5.41, 5.74) is 8.91. The number of nitrogens with one attached hydrogen (secondary N) is 1. The molecule has 0 aliphatic carbocycles. The van der Waals surface area contributed by atoms with Crippen LogP contribution in [0.25, 0.3) is 0 Å². The second kappa shape index (κ2) is 7.60. The second-order valence-electron chi connectivity index (χ2n) is 4.01. The normalized spacial score (nSPS) is 10.9. The van der Waals surface area contributed by atoms with E-state index in [1.54, 1.807) is 11.8 Å². The lowest BCUT2D eigenvalue weighted by molar-refractivity contribution is -0.351. The summed E-state index contributed by atoms with van der Waals surface area (Å²) in [5, 5.41) is 3.00. The summed E-state index contributed by atoms with van der Waals surface area (Å²) in [6.07, 6.45) is 0. The molecule has 0 spiro atoms. The van der Waals surface area contributed by atoms with Gasteiger partial charge in [0.2, 0.25) is 0 Å². The summed E-state index contributed by atoms with van der Waals surface area (Å²) in [6, 6.07) is 17.7. The summed E-state index contributed by atoms with van der Waals surface area (Å²) in [7, 11) is 0. The van der Waals surface area contributed by atoms with Crippen LogP contribution in [-0.4, -0.2) is 10.3 Å². The number of hydrogen-bond acceptors (Lipinski definition) is 3. The minimum atomic E-state index is 0.667. The van der Waals surface area contributed by atoms with Gasteiger partial charge in [-0.25, -0.2) is 4.99 Å². The highest BCUT2D eigenvalue weighted by molar-refractivity contribution is 8.12. The predicted octanol–water partition coefficient (Wildman–Crippen LogP) is 2.38. The Bertz CT molecular complexity index is 630. The second-order valence-corrected chi connectivity index (χ2v) is 5.21. The minimum absolute atomic E-state index is 0.667. The fraction of sp³-hybridized carbons (Fsp3) is 0.0667. The van der Waals surface area contributed by atoms with Gasteiger partial charge in [0.05, 0.1) is 10.8 Å². The monoisotopic (exact) mass is 300 g/mol. The van der Waals surface area contributed by atoms with Crippen molar-refractivity contribution < 1.29 is 4.99 Å². The number of amidine groups is 1. The molecule has 0 saturated carbocycles. The van der Waals surface area contributed by atoms with Crippen LogP contribution in [0.5, 0.6) is 0 Å². The maximum Gasteiger partial charge on any atom is 0.307 e. The molecular weight excluding hydrogens is 286 g/mol. The number of thiocarbonyl (C=S) groups is 1. The van der Waals surface area contributed by atoms with E-state index in [-0.39, 0.29) is 0 Å². The maximum atomic E-state index is 5.97. The Morgan fingerprint density at radius 1 is 1.15 bits per heavy atom. The van der Waals surface area contributed by atoms with Gasteiger partial charge in [-0.05, 0) is 53.8 Å². The number of thioether (sulfide) groups is 1. The molecular formula is C15H14N3S2+. The molecule has 0 radical (unpaired) electrons. The lowest BCUT2D eigenvalue weighted by atomic mass is 10.2. The minimum Gasteiger partial charge on any atom is -0.281 e. The topological polar surface area (TPSA) is 52.4 Å². The van der Waals surface area contributed by atoms with E-state index < -0.39 is 0 Å². The van der Waals surface area contributed by atoms with Gasteiger partial charge in [-0.2, -0.15) is 4.99 Å². The molecule has 100 valence electrons. The van der Waals surface area contributed by atoms with E-state index in [4.69, 9.17) is 5.73 Å². The van der Waals surface area contributed by atoms with E-state index in [0.717, 1.165) is 17.1 Å². The fourth-order valence-corrected chi connectivity index (χ4v) is 2.40. The zero-order chi connectivity index (χ0) is 14.2. The highest BCUT2D eigenvalue weighted by atomic mass is 32.2. The Morgan fingerprint density at radius 3 is 2.50 bits per heavy atom. The van der Waals surface area contributed by atoms with Crippen molar-refractivity contribution in [3.8, 4) is 0 Å². The van der Waals surface area contributed by atoms with Gasteiger partial charge in [0.15, 0.2) is 0 Å². The largest absolute Gasteiger partial charge is 0.307 e. The van der Waals surface area contributed by atoms with Crippen molar-refractivity contribution in [2.45, 2.75) is 5.75 Å². The summed E-state index contributed by atoms with van der Waals surface area (Å²) < 4.78 is 0. The molecule has 2 rings (SSSR count). The van der Waals surface area contributed by atoms with Gasteiger partial charge in [0.25, 0.3) is 0 Å². The number of nitrogens with zero attached hydrogens (tertiary/aromatic N) is 1. The third kappa shape index (κ3) is 4.63. The highest BCUT2D eigenvalue weighted by Crippen LogP contribution is 2.13. The first-order valence-electron chi connectivity index (χ1n) is 6.02. The highest BCUT2D eigenvalue weighted by Gasteiger charge is 2.02. The Hall–Kier alpha value is -1.94. The van der Waals surface area contributed by atoms with E-state index in [1.807, 2.05) is 42.5 Å². The maximum absolute atomic E-state index is 5.97. The number of aliphatic imine (C=N–C) groups is 1.